The molecule has 0 aromatic heterocycles. The van der Waals surface area contributed by atoms with Gasteiger partial charge < -0.3 is 10.6 Å². The number of hydrogen-bond acceptors (Lipinski definition) is 2. The molecule has 0 aliphatic heterocycles. The summed E-state index contributed by atoms with van der Waals surface area (Å²) >= 11 is 0. The zero-order valence-corrected chi connectivity index (χ0v) is 11.6. The summed E-state index contributed by atoms with van der Waals surface area (Å²) in [4.78, 5) is 10.5. The van der Waals surface area contributed by atoms with Crippen LogP contribution in [0.15, 0.2) is 0 Å². The minimum absolute atomic E-state index is 0. The molecule has 0 spiro atoms. The molecule has 2 N–H and O–H groups in total. The van der Waals surface area contributed by atoms with E-state index in [1.54, 1.807) is 0 Å². The fourth-order valence-electron chi connectivity index (χ4n) is 0.780. The van der Waals surface area contributed by atoms with Crippen molar-refractivity contribution in [3.8, 4) is 0 Å². The standard InChI is InChI=1S/C7H16N2O.U/c1-6(4-5-8-3)9-7(2)10;/h6,8H,4-5H2,1-3H3,(H,9,10);. The van der Waals surface area contributed by atoms with E-state index in [1.165, 1.54) is 6.92 Å². The molecule has 0 radical (unpaired) electrons. The summed E-state index contributed by atoms with van der Waals surface area (Å²) in [7, 11) is 1.90. The van der Waals surface area contributed by atoms with E-state index in [2.05, 4.69) is 10.6 Å². The fourth-order valence-corrected chi connectivity index (χ4v) is 0.780. The summed E-state index contributed by atoms with van der Waals surface area (Å²) in [6, 6.07) is 0.282. The van der Waals surface area contributed by atoms with Crippen LogP contribution in [-0.4, -0.2) is 25.5 Å². The maximum absolute atomic E-state index is 10.5. The first kappa shape index (κ1) is 14.0. The Morgan fingerprint density at radius 2 is 2.09 bits per heavy atom. The summed E-state index contributed by atoms with van der Waals surface area (Å²) in [5.41, 5.74) is 0. The first-order valence-corrected chi connectivity index (χ1v) is 3.58. The van der Waals surface area contributed by atoms with E-state index in [4.69, 9.17) is 0 Å². The molecule has 0 bridgehead atoms. The van der Waals surface area contributed by atoms with Gasteiger partial charge in [0.1, 0.15) is 0 Å². The van der Waals surface area contributed by atoms with Crippen LogP contribution in [0.4, 0.5) is 0 Å². The summed E-state index contributed by atoms with van der Waals surface area (Å²) in [6.07, 6.45) is 0.982. The van der Waals surface area contributed by atoms with E-state index in [-0.39, 0.29) is 43.1 Å². The van der Waals surface area contributed by atoms with Gasteiger partial charge in [0, 0.05) is 44.1 Å². The topological polar surface area (TPSA) is 41.1 Å². The number of hydrogen-bond donors (Lipinski definition) is 2. The average Bonchev–Trinajstić information content (AvgIpc) is 1.82. The molecule has 3 nitrogen and oxygen atoms in total. The molecule has 64 valence electrons. The van der Waals surface area contributed by atoms with E-state index < -0.39 is 0 Å². The van der Waals surface area contributed by atoms with Crippen LogP contribution >= 0.6 is 0 Å². The van der Waals surface area contributed by atoms with Gasteiger partial charge in [-0.25, -0.2) is 0 Å². The predicted octanol–water partition coefficient (Wildman–Crippen LogP) is 0.120. The van der Waals surface area contributed by atoms with Gasteiger partial charge in [-0.2, -0.15) is 0 Å². The van der Waals surface area contributed by atoms with E-state index in [0.717, 1.165) is 13.0 Å². The smallest absolute Gasteiger partial charge is 0.217 e. The van der Waals surface area contributed by atoms with E-state index in [0.29, 0.717) is 0 Å². The Kier molecular flexibility index (Phi) is 10.9. The minimum atomic E-state index is 0. The van der Waals surface area contributed by atoms with Crippen molar-refractivity contribution >= 4 is 5.91 Å². The SMILES string of the molecule is CNCCC(C)NC(C)=O.[U]. The molecular formula is C7H16N2OU. The van der Waals surface area contributed by atoms with E-state index >= 15 is 0 Å². The number of carbonyl (C=O) groups is 1. The molecule has 11 heavy (non-hydrogen) atoms. The Morgan fingerprint density at radius 1 is 1.55 bits per heavy atom. The maximum Gasteiger partial charge on any atom is 0.217 e. The zero-order valence-electron chi connectivity index (χ0n) is 7.40. The zero-order chi connectivity index (χ0) is 7.98. The van der Waals surface area contributed by atoms with Crippen molar-refractivity contribution in [1.82, 2.24) is 10.6 Å². The molecule has 0 saturated carbocycles. The van der Waals surface area contributed by atoms with Crippen LogP contribution in [0.1, 0.15) is 20.3 Å². The van der Waals surface area contributed by atoms with Gasteiger partial charge in [-0.05, 0) is 26.9 Å². The quantitative estimate of drug-likeness (QED) is 0.726. The number of rotatable bonds is 4. The normalized spacial score (nSPS) is 11.5. The molecule has 4 heteroatoms. The van der Waals surface area contributed by atoms with E-state index in [1.807, 2.05) is 14.0 Å². The third-order valence-electron chi connectivity index (χ3n) is 1.28. The molecule has 1 unspecified atom stereocenters. The Balaban J connectivity index is 0. The molecule has 0 saturated heterocycles. The van der Waals surface area contributed by atoms with Gasteiger partial charge in [-0.1, -0.05) is 0 Å². The van der Waals surface area contributed by atoms with Crippen LogP contribution in [0.5, 0.6) is 0 Å². The van der Waals surface area contributed by atoms with Gasteiger partial charge in [-0.15, -0.1) is 0 Å². The van der Waals surface area contributed by atoms with Gasteiger partial charge in [0.2, 0.25) is 5.91 Å². The van der Waals surface area contributed by atoms with Crippen LogP contribution in [0.3, 0.4) is 0 Å². The van der Waals surface area contributed by atoms with Crippen molar-refractivity contribution in [1.29, 1.82) is 0 Å². The van der Waals surface area contributed by atoms with Crippen molar-refractivity contribution in [2.75, 3.05) is 13.6 Å². The largest absolute Gasteiger partial charge is 0.354 e. The Hall–Kier alpha value is 0.482. The average molecular weight is 382 g/mol. The molecule has 0 aromatic rings. The fraction of sp³-hybridized carbons (Fsp3) is 0.857. The molecule has 0 aliphatic carbocycles. The monoisotopic (exact) mass is 382 g/mol. The summed E-state index contributed by atoms with van der Waals surface area (Å²) in [6.45, 7) is 4.48. The van der Waals surface area contributed by atoms with Crippen molar-refractivity contribution in [3.05, 3.63) is 0 Å². The number of nitrogens with one attached hydrogen (secondary N) is 2. The van der Waals surface area contributed by atoms with Gasteiger partial charge in [0.05, 0.1) is 0 Å². The number of carbonyl (C=O) groups excluding carboxylic acids is 1. The summed E-state index contributed by atoms with van der Waals surface area (Å²) < 4.78 is 0. The Labute approximate surface area is 92.1 Å². The molecule has 1 amide bonds. The molecule has 0 fully saturated rings. The van der Waals surface area contributed by atoms with Gasteiger partial charge >= 0.3 is 0 Å². The summed E-state index contributed by atoms with van der Waals surface area (Å²) in [5.74, 6) is 0.0450. The summed E-state index contributed by atoms with van der Waals surface area (Å²) in [5, 5.41) is 5.82. The molecule has 0 rings (SSSR count). The van der Waals surface area contributed by atoms with Gasteiger partial charge in [-0.3, -0.25) is 4.79 Å². The molecule has 0 heterocycles. The van der Waals surface area contributed by atoms with Crippen LogP contribution in [0.2, 0.25) is 0 Å². The predicted molar refractivity (Wildman–Crippen MR) is 41.8 cm³/mol. The van der Waals surface area contributed by atoms with Crippen molar-refractivity contribution in [3.63, 3.8) is 0 Å². The second-order valence-electron chi connectivity index (χ2n) is 2.49. The van der Waals surface area contributed by atoms with E-state index in [9.17, 15) is 4.79 Å². The Morgan fingerprint density at radius 3 is 2.45 bits per heavy atom. The third kappa shape index (κ3) is 10.5. The third-order valence-corrected chi connectivity index (χ3v) is 1.28. The molecule has 0 aliphatic rings. The van der Waals surface area contributed by atoms with Crippen molar-refractivity contribution in [2.45, 2.75) is 26.3 Å². The van der Waals surface area contributed by atoms with Gasteiger partial charge in [0.25, 0.3) is 0 Å². The van der Waals surface area contributed by atoms with Crippen molar-refractivity contribution < 1.29 is 35.9 Å². The Bertz CT molecular complexity index is 109. The first-order valence-electron chi connectivity index (χ1n) is 3.58. The van der Waals surface area contributed by atoms with Gasteiger partial charge in [0.15, 0.2) is 0 Å². The van der Waals surface area contributed by atoms with Crippen LogP contribution in [-0.2, 0) is 4.79 Å². The van der Waals surface area contributed by atoms with Crippen LogP contribution in [0.25, 0.3) is 0 Å². The maximum atomic E-state index is 10.5. The minimum Gasteiger partial charge on any atom is -0.354 e. The second-order valence-corrected chi connectivity index (χ2v) is 2.49. The van der Waals surface area contributed by atoms with Crippen LogP contribution < -0.4 is 10.6 Å². The molecule has 0 aromatic carbocycles. The molecule has 1 atom stereocenters. The first-order chi connectivity index (χ1) is 4.66. The van der Waals surface area contributed by atoms with Crippen molar-refractivity contribution in [2.24, 2.45) is 0 Å². The number of amides is 1. The van der Waals surface area contributed by atoms with Crippen LogP contribution in [0, 0.1) is 31.1 Å². The molecular weight excluding hydrogens is 366 g/mol. The second kappa shape index (κ2) is 8.58.